The van der Waals surface area contributed by atoms with Gasteiger partial charge in [0.2, 0.25) is 0 Å². The van der Waals surface area contributed by atoms with E-state index in [0.717, 1.165) is 5.56 Å². The fourth-order valence-electron chi connectivity index (χ4n) is 2.38. The number of esters is 1. The van der Waals surface area contributed by atoms with Crippen LogP contribution in [0, 0.1) is 10.1 Å². The summed E-state index contributed by atoms with van der Waals surface area (Å²) in [6.07, 6.45) is -0.627. The molecular weight excluding hydrogens is 352 g/mol. The van der Waals surface area contributed by atoms with Gasteiger partial charge >= 0.3 is 5.97 Å². The summed E-state index contributed by atoms with van der Waals surface area (Å²) in [6.45, 7) is 1.52. The number of nitro groups is 1. The first kappa shape index (κ1) is 19.9. The lowest BCUT2D eigenvalue weighted by molar-refractivity contribution is -0.384. The van der Waals surface area contributed by atoms with E-state index >= 15 is 0 Å². The quantitative estimate of drug-likeness (QED) is 0.433. The third kappa shape index (κ3) is 5.81. The van der Waals surface area contributed by atoms with E-state index in [9.17, 15) is 19.7 Å². The van der Waals surface area contributed by atoms with Crippen LogP contribution < -0.4 is 10.1 Å². The molecule has 1 N–H and O–H groups in total. The van der Waals surface area contributed by atoms with E-state index < -0.39 is 28.9 Å². The Kier molecular flexibility index (Phi) is 6.87. The maximum Gasteiger partial charge on any atom is 0.328 e. The Morgan fingerprint density at radius 3 is 2.30 bits per heavy atom. The van der Waals surface area contributed by atoms with Gasteiger partial charge in [-0.25, -0.2) is 4.79 Å². The Bertz CT molecular complexity index is 792. The number of hydrogen-bond donors (Lipinski definition) is 1. The molecule has 8 nitrogen and oxygen atoms in total. The Morgan fingerprint density at radius 1 is 1.11 bits per heavy atom. The zero-order valence-electron chi connectivity index (χ0n) is 15.0. The lowest BCUT2D eigenvalue weighted by atomic mass is 10.1. The maximum atomic E-state index is 12.4. The highest BCUT2D eigenvalue weighted by atomic mass is 16.6. The van der Waals surface area contributed by atoms with Crippen molar-refractivity contribution >= 4 is 17.6 Å². The zero-order valence-corrected chi connectivity index (χ0v) is 15.0. The van der Waals surface area contributed by atoms with Crippen molar-refractivity contribution in [3.8, 4) is 5.75 Å². The van der Waals surface area contributed by atoms with Crippen molar-refractivity contribution in [3.05, 3.63) is 70.3 Å². The van der Waals surface area contributed by atoms with Gasteiger partial charge in [-0.2, -0.15) is 0 Å². The number of hydrogen-bond acceptors (Lipinski definition) is 6. The molecule has 2 atom stereocenters. The molecule has 0 spiro atoms. The molecule has 0 radical (unpaired) electrons. The van der Waals surface area contributed by atoms with Gasteiger partial charge in [-0.1, -0.05) is 30.3 Å². The van der Waals surface area contributed by atoms with E-state index in [1.165, 1.54) is 38.3 Å². The van der Waals surface area contributed by atoms with Crippen LogP contribution in [0.15, 0.2) is 54.6 Å². The minimum absolute atomic E-state index is 0.0759. The van der Waals surface area contributed by atoms with E-state index in [2.05, 4.69) is 5.32 Å². The SMILES string of the molecule is COC(=O)C(Cc1ccccc1)NC(=O)C(C)Oc1ccc([N+](=O)[O-])cc1. The highest BCUT2D eigenvalue weighted by Gasteiger charge is 2.25. The van der Waals surface area contributed by atoms with Crippen molar-refractivity contribution in [2.24, 2.45) is 0 Å². The molecular formula is C19H20N2O6. The number of non-ortho nitro benzene ring substituents is 1. The van der Waals surface area contributed by atoms with E-state index in [0.29, 0.717) is 5.75 Å². The lowest BCUT2D eigenvalue weighted by Gasteiger charge is -2.20. The zero-order chi connectivity index (χ0) is 19.8. The van der Waals surface area contributed by atoms with Gasteiger partial charge in [0.25, 0.3) is 11.6 Å². The van der Waals surface area contributed by atoms with Crippen molar-refractivity contribution in [1.29, 1.82) is 0 Å². The van der Waals surface area contributed by atoms with Crippen LogP contribution in [0.2, 0.25) is 0 Å². The molecule has 27 heavy (non-hydrogen) atoms. The summed E-state index contributed by atoms with van der Waals surface area (Å²) in [7, 11) is 1.25. The second kappa shape index (κ2) is 9.33. The summed E-state index contributed by atoms with van der Waals surface area (Å²) >= 11 is 0. The van der Waals surface area contributed by atoms with Crippen LogP contribution in [-0.2, 0) is 20.7 Å². The fourth-order valence-corrected chi connectivity index (χ4v) is 2.38. The van der Waals surface area contributed by atoms with Gasteiger partial charge in [-0.05, 0) is 24.6 Å². The summed E-state index contributed by atoms with van der Waals surface area (Å²) in [5, 5.41) is 13.3. The first-order valence-corrected chi connectivity index (χ1v) is 8.24. The Balaban J connectivity index is 2.00. The van der Waals surface area contributed by atoms with Crippen LogP contribution in [0.3, 0.4) is 0 Å². The minimum atomic E-state index is -0.908. The van der Waals surface area contributed by atoms with Crippen LogP contribution in [0.4, 0.5) is 5.69 Å². The Labute approximate surface area is 156 Å². The highest BCUT2D eigenvalue weighted by Crippen LogP contribution is 2.18. The molecule has 2 aromatic carbocycles. The largest absolute Gasteiger partial charge is 0.481 e. The topological polar surface area (TPSA) is 108 Å². The molecule has 1 amide bonds. The van der Waals surface area contributed by atoms with E-state index in [-0.39, 0.29) is 12.1 Å². The molecule has 0 heterocycles. The second-order valence-electron chi connectivity index (χ2n) is 5.79. The fraction of sp³-hybridized carbons (Fsp3) is 0.263. The van der Waals surface area contributed by atoms with Crippen LogP contribution in [0.1, 0.15) is 12.5 Å². The first-order valence-electron chi connectivity index (χ1n) is 8.24. The minimum Gasteiger partial charge on any atom is -0.481 e. The van der Waals surface area contributed by atoms with Gasteiger partial charge in [-0.15, -0.1) is 0 Å². The molecule has 0 aliphatic carbocycles. The van der Waals surface area contributed by atoms with Gasteiger partial charge in [0.1, 0.15) is 11.8 Å². The number of methoxy groups -OCH3 is 1. The number of amides is 1. The lowest BCUT2D eigenvalue weighted by Crippen LogP contribution is -2.47. The van der Waals surface area contributed by atoms with E-state index in [1.807, 2.05) is 30.3 Å². The molecule has 0 bridgehead atoms. The van der Waals surface area contributed by atoms with Gasteiger partial charge in [0, 0.05) is 18.6 Å². The van der Waals surface area contributed by atoms with Gasteiger partial charge in [0.15, 0.2) is 6.10 Å². The first-order chi connectivity index (χ1) is 12.9. The number of benzene rings is 2. The monoisotopic (exact) mass is 372 g/mol. The van der Waals surface area contributed by atoms with Gasteiger partial charge in [0.05, 0.1) is 12.0 Å². The molecule has 0 aromatic heterocycles. The molecule has 0 aliphatic rings. The number of nitro benzene ring substituents is 1. The predicted octanol–water partition coefficient (Wildman–Crippen LogP) is 2.26. The molecule has 2 unspecified atom stereocenters. The van der Waals surface area contributed by atoms with E-state index in [1.54, 1.807) is 0 Å². The molecule has 0 aliphatic heterocycles. The van der Waals surface area contributed by atoms with Crippen LogP contribution in [0.25, 0.3) is 0 Å². The van der Waals surface area contributed by atoms with Gasteiger partial charge in [-0.3, -0.25) is 14.9 Å². The highest BCUT2D eigenvalue weighted by molar-refractivity contribution is 5.87. The van der Waals surface area contributed by atoms with E-state index in [4.69, 9.17) is 9.47 Å². The van der Waals surface area contributed by atoms with Crippen molar-refractivity contribution in [2.75, 3.05) is 7.11 Å². The number of nitrogens with zero attached hydrogens (tertiary/aromatic N) is 1. The summed E-state index contributed by atoms with van der Waals surface area (Å²) in [6, 6.07) is 13.8. The van der Waals surface area contributed by atoms with Gasteiger partial charge < -0.3 is 14.8 Å². The van der Waals surface area contributed by atoms with Crippen molar-refractivity contribution in [1.82, 2.24) is 5.32 Å². The summed E-state index contributed by atoms with van der Waals surface area (Å²) in [4.78, 5) is 34.5. The smallest absolute Gasteiger partial charge is 0.328 e. The van der Waals surface area contributed by atoms with Crippen molar-refractivity contribution in [2.45, 2.75) is 25.5 Å². The van der Waals surface area contributed by atoms with Crippen LogP contribution in [-0.4, -0.2) is 36.1 Å². The van der Waals surface area contributed by atoms with Crippen LogP contribution in [0.5, 0.6) is 5.75 Å². The predicted molar refractivity (Wildman–Crippen MR) is 97.3 cm³/mol. The number of carbonyl (C=O) groups excluding carboxylic acids is 2. The maximum absolute atomic E-state index is 12.4. The summed E-state index contributed by atoms with van der Waals surface area (Å²) in [5.41, 5.74) is 0.796. The molecule has 0 saturated heterocycles. The normalized spacial score (nSPS) is 12.5. The summed E-state index contributed by atoms with van der Waals surface area (Å²) in [5.74, 6) is -0.754. The molecule has 0 saturated carbocycles. The number of rotatable bonds is 8. The average molecular weight is 372 g/mol. The number of carbonyl (C=O) groups is 2. The standard InChI is InChI=1S/C19H20N2O6/c1-13(27-16-10-8-15(9-11-16)21(24)25)18(22)20-17(19(23)26-2)12-14-6-4-3-5-7-14/h3-11,13,17H,12H2,1-2H3,(H,20,22). The Hall–Kier alpha value is -3.42. The molecule has 2 aromatic rings. The molecule has 142 valence electrons. The molecule has 2 rings (SSSR count). The third-order valence-corrected chi connectivity index (χ3v) is 3.81. The third-order valence-electron chi connectivity index (χ3n) is 3.81. The van der Waals surface area contributed by atoms with Crippen molar-refractivity contribution < 1.29 is 24.0 Å². The number of nitrogens with one attached hydrogen (secondary N) is 1. The summed E-state index contributed by atoms with van der Waals surface area (Å²) < 4.78 is 10.2. The van der Waals surface area contributed by atoms with Crippen LogP contribution >= 0.6 is 0 Å². The molecule has 0 fully saturated rings. The number of ether oxygens (including phenoxy) is 2. The Morgan fingerprint density at radius 2 is 1.74 bits per heavy atom. The second-order valence-corrected chi connectivity index (χ2v) is 5.79. The van der Waals surface area contributed by atoms with Crippen molar-refractivity contribution in [3.63, 3.8) is 0 Å². The average Bonchev–Trinajstić information content (AvgIpc) is 2.67. The molecule has 8 heteroatoms.